The van der Waals surface area contributed by atoms with Crippen LogP contribution < -0.4 is 10.1 Å². The first-order chi connectivity index (χ1) is 14.8. The number of ether oxygens (including phenoxy) is 2. The fourth-order valence-electron chi connectivity index (χ4n) is 4.01. The molecule has 1 aliphatic carbocycles. The molecule has 0 amide bonds. The summed E-state index contributed by atoms with van der Waals surface area (Å²) in [5.74, 6) is 0.0738. The van der Waals surface area contributed by atoms with Crippen molar-refractivity contribution in [3.8, 4) is 11.8 Å². The lowest BCUT2D eigenvalue weighted by Gasteiger charge is -2.39. The molecule has 1 unspecified atom stereocenters. The SMILES string of the molecule is CCCOC(=O)CSC1=C(C#N)C(c2ccc(OC)cc2)C2=C(CC(C)(C)CC2=O)N1. The number of thioether (sulfide) groups is 1. The second kappa shape index (κ2) is 9.61. The molecule has 0 saturated heterocycles. The summed E-state index contributed by atoms with van der Waals surface area (Å²) >= 11 is 1.25. The number of ketones is 1. The van der Waals surface area contributed by atoms with Crippen LogP contribution in [0.3, 0.4) is 0 Å². The molecule has 6 nitrogen and oxygen atoms in total. The molecule has 7 heteroatoms. The monoisotopic (exact) mass is 440 g/mol. The van der Waals surface area contributed by atoms with Crippen molar-refractivity contribution in [2.24, 2.45) is 5.41 Å². The number of carbonyl (C=O) groups is 2. The van der Waals surface area contributed by atoms with Crippen LogP contribution in [0.25, 0.3) is 0 Å². The lowest BCUT2D eigenvalue weighted by atomic mass is 9.69. The molecule has 0 bridgehead atoms. The van der Waals surface area contributed by atoms with Gasteiger partial charge in [0.15, 0.2) is 5.78 Å². The summed E-state index contributed by atoms with van der Waals surface area (Å²) < 4.78 is 10.4. The maximum Gasteiger partial charge on any atom is 0.316 e. The molecule has 1 heterocycles. The van der Waals surface area contributed by atoms with E-state index in [0.717, 1.165) is 17.7 Å². The highest BCUT2D eigenvalue weighted by Crippen LogP contribution is 2.47. The second-order valence-corrected chi connectivity index (χ2v) is 9.51. The molecule has 1 atom stereocenters. The van der Waals surface area contributed by atoms with E-state index in [0.29, 0.717) is 41.4 Å². The standard InChI is InChI=1S/C24H28N2O4S/c1-5-10-30-20(28)14-31-23-17(13-25)21(15-6-8-16(29-4)9-7-15)22-18(26-23)11-24(2,3)12-19(22)27/h6-9,21,26H,5,10-12,14H2,1-4H3. The van der Waals surface area contributed by atoms with Gasteiger partial charge in [-0.25, -0.2) is 0 Å². The number of esters is 1. The fourth-order valence-corrected chi connectivity index (χ4v) is 4.87. The van der Waals surface area contributed by atoms with E-state index >= 15 is 0 Å². The Hall–Kier alpha value is -2.72. The number of nitrogens with zero attached hydrogens (tertiary/aromatic N) is 1. The molecule has 0 spiro atoms. The molecule has 0 aromatic heterocycles. The van der Waals surface area contributed by atoms with Crippen molar-refractivity contribution < 1.29 is 19.1 Å². The van der Waals surface area contributed by atoms with Gasteiger partial charge in [-0.2, -0.15) is 5.26 Å². The molecule has 0 fully saturated rings. The number of hydrogen-bond acceptors (Lipinski definition) is 7. The number of carbonyl (C=O) groups excluding carboxylic acids is 2. The largest absolute Gasteiger partial charge is 0.497 e. The molecule has 2 aliphatic rings. The molecule has 1 aromatic carbocycles. The Morgan fingerprint density at radius 2 is 2.00 bits per heavy atom. The highest BCUT2D eigenvalue weighted by atomic mass is 32.2. The third kappa shape index (κ3) is 5.13. The van der Waals surface area contributed by atoms with Crippen molar-refractivity contribution in [2.45, 2.75) is 46.0 Å². The van der Waals surface area contributed by atoms with Gasteiger partial charge in [-0.1, -0.05) is 44.7 Å². The van der Waals surface area contributed by atoms with Crippen LogP contribution in [0.2, 0.25) is 0 Å². The van der Waals surface area contributed by atoms with Gasteiger partial charge in [0.05, 0.1) is 42.1 Å². The number of dihydropyridines is 1. The summed E-state index contributed by atoms with van der Waals surface area (Å²) in [6.45, 7) is 6.45. The lowest BCUT2D eigenvalue weighted by molar-refractivity contribution is -0.140. The number of benzene rings is 1. The van der Waals surface area contributed by atoms with Gasteiger partial charge in [-0.15, -0.1) is 0 Å². The van der Waals surface area contributed by atoms with Crippen LogP contribution in [-0.2, 0) is 14.3 Å². The van der Waals surface area contributed by atoms with Gasteiger partial charge in [0.25, 0.3) is 0 Å². The summed E-state index contributed by atoms with van der Waals surface area (Å²) in [7, 11) is 1.60. The highest BCUT2D eigenvalue weighted by Gasteiger charge is 2.42. The van der Waals surface area contributed by atoms with Gasteiger partial charge in [-0.3, -0.25) is 9.59 Å². The van der Waals surface area contributed by atoms with Gasteiger partial charge in [0, 0.05) is 17.7 Å². The average Bonchev–Trinajstić information content (AvgIpc) is 2.74. The van der Waals surface area contributed by atoms with E-state index in [-0.39, 0.29) is 22.9 Å². The van der Waals surface area contributed by atoms with Crippen molar-refractivity contribution >= 4 is 23.5 Å². The molecule has 31 heavy (non-hydrogen) atoms. The van der Waals surface area contributed by atoms with Crippen LogP contribution in [0.15, 0.2) is 46.1 Å². The Labute approximate surface area is 187 Å². The predicted octanol–water partition coefficient (Wildman–Crippen LogP) is 4.45. The first-order valence-corrected chi connectivity index (χ1v) is 11.4. The Morgan fingerprint density at radius 1 is 1.29 bits per heavy atom. The van der Waals surface area contributed by atoms with E-state index in [1.807, 2.05) is 31.2 Å². The predicted molar refractivity (Wildman–Crippen MR) is 120 cm³/mol. The number of methoxy groups -OCH3 is 1. The average molecular weight is 441 g/mol. The first-order valence-electron chi connectivity index (χ1n) is 10.4. The Bertz CT molecular complexity index is 970. The van der Waals surface area contributed by atoms with Crippen molar-refractivity contribution in [2.75, 3.05) is 19.5 Å². The zero-order chi connectivity index (χ0) is 22.6. The quantitative estimate of drug-likeness (QED) is 0.627. The number of nitrogens with one attached hydrogen (secondary N) is 1. The van der Waals surface area contributed by atoms with Gasteiger partial charge < -0.3 is 14.8 Å². The second-order valence-electron chi connectivity index (χ2n) is 8.53. The molecule has 1 aromatic rings. The normalized spacial score (nSPS) is 20.0. The smallest absolute Gasteiger partial charge is 0.316 e. The molecule has 3 rings (SSSR count). The van der Waals surface area contributed by atoms with Crippen LogP contribution in [0, 0.1) is 16.7 Å². The minimum Gasteiger partial charge on any atom is -0.497 e. The lowest BCUT2D eigenvalue weighted by Crippen LogP contribution is -2.37. The number of rotatable bonds is 7. The van der Waals surface area contributed by atoms with Crippen LogP contribution in [0.1, 0.15) is 51.5 Å². The van der Waals surface area contributed by atoms with E-state index in [4.69, 9.17) is 9.47 Å². The number of allylic oxidation sites excluding steroid dienone is 3. The van der Waals surface area contributed by atoms with E-state index < -0.39 is 5.92 Å². The minimum atomic E-state index is -0.468. The summed E-state index contributed by atoms with van der Waals surface area (Å²) in [4.78, 5) is 25.2. The van der Waals surface area contributed by atoms with Crippen molar-refractivity contribution in [1.29, 1.82) is 5.26 Å². The molecular weight excluding hydrogens is 412 g/mol. The number of hydrogen-bond donors (Lipinski definition) is 1. The van der Waals surface area contributed by atoms with E-state index in [2.05, 4.69) is 25.2 Å². The molecule has 0 radical (unpaired) electrons. The van der Waals surface area contributed by atoms with E-state index in [9.17, 15) is 14.9 Å². The molecule has 0 saturated carbocycles. The highest BCUT2D eigenvalue weighted by molar-refractivity contribution is 8.03. The maximum atomic E-state index is 13.2. The van der Waals surface area contributed by atoms with E-state index in [1.54, 1.807) is 7.11 Å². The summed E-state index contributed by atoms with van der Waals surface area (Å²) in [5.41, 5.74) is 2.62. The minimum absolute atomic E-state index is 0.0544. The van der Waals surface area contributed by atoms with Gasteiger partial charge >= 0.3 is 5.97 Å². The maximum absolute atomic E-state index is 13.2. The zero-order valence-corrected chi connectivity index (χ0v) is 19.2. The molecular formula is C24H28N2O4S. The zero-order valence-electron chi connectivity index (χ0n) is 18.4. The number of nitriles is 1. The summed E-state index contributed by atoms with van der Waals surface area (Å²) in [6, 6.07) is 9.74. The van der Waals surface area contributed by atoms with Crippen LogP contribution in [0.4, 0.5) is 0 Å². The van der Waals surface area contributed by atoms with Gasteiger partial charge in [-0.05, 0) is 36.0 Å². The topological polar surface area (TPSA) is 88.4 Å². The third-order valence-electron chi connectivity index (χ3n) is 5.38. The Kier molecular flexibility index (Phi) is 7.11. The van der Waals surface area contributed by atoms with Crippen molar-refractivity contribution in [1.82, 2.24) is 5.32 Å². The third-order valence-corrected chi connectivity index (χ3v) is 6.37. The molecule has 164 valence electrons. The van der Waals surface area contributed by atoms with Crippen molar-refractivity contribution in [3.63, 3.8) is 0 Å². The van der Waals surface area contributed by atoms with Gasteiger partial charge in [0.2, 0.25) is 0 Å². The van der Waals surface area contributed by atoms with E-state index in [1.165, 1.54) is 11.8 Å². The molecule has 1 aliphatic heterocycles. The number of Topliss-reactive ketones (excluding diaryl/α,β-unsaturated/α-hetero) is 1. The summed E-state index contributed by atoms with van der Waals surface area (Å²) in [5, 5.41) is 14.0. The fraction of sp³-hybridized carbons (Fsp3) is 0.458. The Balaban J connectivity index is 2.01. The van der Waals surface area contributed by atoms with Crippen LogP contribution >= 0.6 is 11.8 Å². The van der Waals surface area contributed by atoms with Crippen LogP contribution in [-0.4, -0.2) is 31.2 Å². The summed E-state index contributed by atoms with van der Waals surface area (Å²) in [6.07, 6.45) is 1.89. The first kappa shape index (κ1) is 23.0. The Morgan fingerprint density at radius 3 is 2.61 bits per heavy atom. The molecule has 1 N–H and O–H groups in total. The van der Waals surface area contributed by atoms with Crippen LogP contribution in [0.5, 0.6) is 5.75 Å². The van der Waals surface area contributed by atoms with Crippen molar-refractivity contribution in [3.05, 3.63) is 51.7 Å². The van der Waals surface area contributed by atoms with Gasteiger partial charge in [0.1, 0.15) is 5.75 Å².